The van der Waals surface area contributed by atoms with Gasteiger partial charge < -0.3 is 20.3 Å². The first-order valence-corrected chi connectivity index (χ1v) is 7.12. The van der Waals surface area contributed by atoms with Gasteiger partial charge in [0.15, 0.2) is 11.5 Å². The molecule has 1 rings (SSSR count). The summed E-state index contributed by atoms with van der Waals surface area (Å²) in [5, 5.41) is 10.9. The number of hydrogen-bond donors (Lipinski definition) is 2. The van der Waals surface area contributed by atoms with Crippen molar-refractivity contribution in [3.05, 3.63) is 23.8 Å². The van der Waals surface area contributed by atoms with Crippen LogP contribution >= 0.6 is 0 Å². The molecule has 0 aliphatic rings. The van der Waals surface area contributed by atoms with Crippen molar-refractivity contribution in [1.29, 1.82) is 0 Å². The van der Waals surface area contributed by atoms with Gasteiger partial charge in [0, 0.05) is 6.54 Å². The van der Waals surface area contributed by atoms with Crippen molar-refractivity contribution in [1.82, 2.24) is 0 Å². The largest absolute Gasteiger partial charge is 0.490 e. The third-order valence-corrected chi connectivity index (χ3v) is 3.56. The van der Waals surface area contributed by atoms with E-state index in [4.69, 9.17) is 15.2 Å². The summed E-state index contributed by atoms with van der Waals surface area (Å²) in [7, 11) is 0. The third kappa shape index (κ3) is 3.25. The molecule has 0 aliphatic heterocycles. The van der Waals surface area contributed by atoms with Crippen molar-refractivity contribution < 1.29 is 14.6 Å². The highest BCUT2D eigenvalue weighted by Crippen LogP contribution is 2.41. The van der Waals surface area contributed by atoms with Crippen molar-refractivity contribution in [2.24, 2.45) is 11.1 Å². The van der Waals surface area contributed by atoms with E-state index in [2.05, 4.69) is 0 Å². The SMILES string of the molecule is CCOc1ccc(C(O)(CN)C(C)(C)C)cc1OCC. The predicted molar refractivity (Wildman–Crippen MR) is 81.2 cm³/mol. The van der Waals surface area contributed by atoms with Crippen LogP contribution in [0.2, 0.25) is 0 Å². The maximum Gasteiger partial charge on any atom is 0.161 e. The molecule has 4 nitrogen and oxygen atoms in total. The molecule has 1 unspecified atom stereocenters. The standard InChI is InChI=1S/C16H27NO3/c1-6-19-13-9-8-12(10-14(13)20-7-2)16(18,11-17)15(3,4)5/h8-10,18H,6-7,11,17H2,1-5H3. The Morgan fingerprint density at radius 2 is 1.60 bits per heavy atom. The number of hydrogen-bond acceptors (Lipinski definition) is 4. The Morgan fingerprint density at radius 3 is 2.05 bits per heavy atom. The summed E-state index contributed by atoms with van der Waals surface area (Å²) >= 11 is 0. The van der Waals surface area contributed by atoms with Gasteiger partial charge in [-0.3, -0.25) is 0 Å². The molecule has 0 amide bonds. The van der Waals surface area contributed by atoms with Crippen LogP contribution in [-0.4, -0.2) is 24.9 Å². The minimum absolute atomic E-state index is 0.149. The molecule has 0 aliphatic carbocycles. The molecule has 1 aromatic rings. The molecule has 0 aromatic heterocycles. The molecule has 0 saturated carbocycles. The van der Waals surface area contributed by atoms with E-state index in [0.29, 0.717) is 24.7 Å². The number of ether oxygens (including phenoxy) is 2. The minimum Gasteiger partial charge on any atom is -0.490 e. The molecular formula is C16H27NO3. The lowest BCUT2D eigenvalue weighted by Crippen LogP contribution is -2.46. The first-order chi connectivity index (χ1) is 9.30. The fourth-order valence-electron chi connectivity index (χ4n) is 2.17. The Kier molecular flexibility index (Phi) is 5.42. The first-order valence-electron chi connectivity index (χ1n) is 7.12. The van der Waals surface area contributed by atoms with E-state index in [-0.39, 0.29) is 12.0 Å². The zero-order chi connectivity index (χ0) is 15.4. The minimum atomic E-state index is -1.11. The molecule has 0 bridgehead atoms. The van der Waals surface area contributed by atoms with Crippen LogP contribution < -0.4 is 15.2 Å². The molecule has 0 radical (unpaired) electrons. The lowest BCUT2D eigenvalue weighted by molar-refractivity contribution is -0.0559. The van der Waals surface area contributed by atoms with Gasteiger partial charge in [-0.05, 0) is 37.0 Å². The molecule has 1 atom stereocenters. The fourth-order valence-corrected chi connectivity index (χ4v) is 2.17. The van der Waals surface area contributed by atoms with Crippen molar-refractivity contribution in [3.63, 3.8) is 0 Å². The van der Waals surface area contributed by atoms with E-state index >= 15 is 0 Å². The number of aliphatic hydroxyl groups is 1. The second-order valence-electron chi connectivity index (χ2n) is 5.84. The highest BCUT2D eigenvalue weighted by Gasteiger charge is 2.40. The van der Waals surface area contributed by atoms with Crippen LogP contribution in [0.3, 0.4) is 0 Å². The summed E-state index contributed by atoms with van der Waals surface area (Å²) in [4.78, 5) is 0. The first kappa shape index (κ1) is 16.8. The van der Waals surface area contributed by atoms with Crippen LogP contribution in [0.4, 0.5) is 0 Å². The van der Waals surface area contributed by atoms with Gasteiger partial charge >= 0.3 is 0 Å². The molecule has 0 saturated heterocycles. The lowest BCUT2D eigenvalue weighted by Gasteiger charge is -2.40. The van der Waals surface area contributed by atoms with Crippen LogP contribution in [0.5, 0.6) is 11.5 Å². The van der Waals surface area contributed by atoms with Gasteiger partial charge in [-0.15, -0.1) is 0 Å². The maximum absolute atomic E-state index is 10.9. The van der Waals surface area contributed by atoms with Crippen LogP contribution in [-0.2, 0) is 5.60 Å². The van der Waals surface area contributed by atoms with E-state index in [1.807, 2.05) is 52.8 Å². The fraction of sp³-hybridized carbons (Fsp3) is 0.625. The molecule has 3 N–H and O–H groups in total. The average molecular weight is 281 g/mol. The van der Waals surface area contributed by atoms with E-state index in [9.17, 15) is 5.11 Å². The van der Waals surface area contributed by atoms with Gasteiger partial charge in [-0.25, -0.2) is 0 Å². The Labute approximate surface area is 121 Å². The van der Waals surface area contributed by atoms with Gasteiger partial charge in [-0.2, -0.15) is 0 Å². The summed E-state index contributed by atoms with van der Waals surface area (Å²) in [6.07, 6.45) is 0. The van der Waals surface area contributed by atoms with Gasteiger partial charge in [0.1, 0.15) is 5.60 Å². The molecule has 0 heterocycles. The Bertz CT molecular complexity index is 440. The summed E-state index contributed by atoms with van der Waals surface area (Å²) in [6, 6.07) is 5.51. The molecule has 0 spiro atoms. The highest BCUT2D eigenvalue weighted by atomic mass is 16.5. The second-order valence-corrected chi connectivity index (χ2v) is 5.84. The monoisotopic (exact) mass is 281 g/mol. The van der Waals surface area contributed by atoms with E-state index < -0.39 is 5.60 Å². The van der Waals surface area contributed by atoms with Gasteiger partial charge in [0.2, 0.25) is 0 Å². The van der Waals surface area contributed by atoms with Crippen LogP contribution in [0.25, 0.3) is 0 Å². The van der Waals surface area contributed by atoms with Gasteiger partial charge in [0.05, 0.1) is 13.2 Å². The predicted octanol–water partition coefficient (Wildman–Crippen LogP) is 2.68. The number of nitrogens with two attached hydrogens (primary N) is 1. The summed E-state index contributed by atoms with van der Waals surface area (Å²) in [5.74, 6) is 1.33. The quantitative estimate of drug-likeness (QED) is 0.841. The Balaban J connectivity index is 3.28. The lowest BCUT2D eigenvalue weighted by atomic mass is 9.72. The van der Waals surface area contributed by atoms with Crippen molar-refractivity contribution in [2.45, 2.75) is 40.2 Å². The Morgan fingerprint density at radius 1 is 1.05 bits per heavy atom. The average Bonchev–Trinajstić information content (AvgIpc) is 2.39. The third-order valence-electron chi connectivity index (χ3n) is 3.56. The van der Waals surface area contributed by atoms with E-state index in [1.54, 1.807) is 0 Å². The van der Waals surface area contributed by atoms with E-state index in [0.717, 1.165) is 5.56 Å². The molecule has 20 heavy (non-hydrogen) atoms. The molecular weight excluding hydrogens is 254 g/mol. The highest BCUT2D eigenvalue weighted by molar-refractivity contribution is 5.45. The number of benzene rings is 1. The van der Waals surface area contributed by atoms with Crippen molar-refractivity contribution in [3.8, 4) is 11.5 Å². The molecule has 4 heteroatoms. The molecule has 1 aromatic carbocycles. The normalized spacial score (nSPS) is 14.8. The molecule has 114 valence electrons. The maximum atomic E-state index is 10.9. The summed E-state index contributed by atoms with van der Waals surface area (Å²) in [5.41, 5.74) is 5.09. The van der Waals surface area contributed by atoms with Gasteiger partial charge in [-0.1, -0.05) is 26.8 Å². The van der Waals surface area contributed by atoms with Crippen LogP contribution in [0.1, 0.15) is 40.2 Å². The van der Waals surface area contributed by atoms with Crippen molar-refractivity contribution >= 4 is 0 Å². The van der Waals surface area contributed by atoms with E-state index in [1.165, 1.54) is 0 Å². The zero-order valence-corrected chi connectivity index (χ0v) is 13.2. The Hall–Kier alpha value is -1.26. The van der Waals surface area contributed by atoms with Gasteiger partial charge in [0.25, 0.3) is 0 Å². The van der Waals surface area contributed by atoms with Crippen LogP contribution in [0.15, 0.2) is 18.2 Å². The smallest absolute Gasteiger partial charge is 0.161 e. The topological polar surface area (TPSA) is 64.7 Å². The summed E-state index contributed by atoms with van der Waals surface area (Å²) < 4.78 is 11.1. The van der Waals surface area contributed by atoms with Crippen molar-refractivity contribution in [2.75, 3.05) is 19.8 Å². The summed E-state index contributed by atoms with van der Waals surface area (Å²) in [6.45, 7) is 11.0. The molecule has 0 fully saturated rings. The van der Waals surface area contributed by atoms with Crippen LogP contribution in [0, 0.1) is 5.41 Å². The zero-order valence-electron chi connectivity index (χ0n) is 13.2. The second kappa shape index (κ2) is 6.46. The number of rotatable bonds is 6.